The summed E-state index contributed by atoms with van der Waals surface area (Å²) >= 11 is 5.88. The zero-order valence-corrected chi connectivity index (χ0v) is 14.4. The Balaban J connectivity index is 1.66. The molecule has 9 nitrogen and oxygen atoms in total. The van der Waals surface area contributed by atoms with Gasteiger partial charge in [-0.05, 0) is 12.1 Å². The topological polar surface area (TPSA) is 101 Å². The first-order valence-corrected chi connectivity index (χ1v) is 8.45. The Bertz CT molecular complexity index is 840. The average Bonchev–Trinajstić information content (AvgIpc) is 2.95. The second-order valence-corrected chi connectivity index (χ2v) is 6.21. The second kappa shape index (κ2) is 6.85. The average molecular weight is 375 g/mol. The van der Waals surface area contributed by atoms with E-state index in [1.165, 1.54) is 23.5 Å². The molecule has 1 atom stereocenters. The molecule has 1 saturated heterocycles. The molecule has 10 heteroatoms. The van der Waals surface area contributed by atoms with Gasteiger partial charge in [-0.2, -0.15) is 0 Å². The normalized spacial score (nSPS) is 19.4. The van der Waals surface area contributed by atoms with Gasteiger partial charge >= 0.3 is 6.09 Å². The quantitative estimate of drug-likeness (QED) is 0.843. The van der Waals surface area contributed by atoms with Crippen LogP contribution in [0.1, 0.15) is 22.4 Å². The largest absolute Gasteiger partial charge is 0.419 e. The smallest absolute Gasteiger partial charge is 0.412 e. The molecule has 1 fully saturated rings. The van der Waals surface area contributed by atoms with Crippen LogP contribution in [-0.2, 0) is 4.74 Å². The zero-order chi connectivity index (χ0) is 18.1. The molecule has 2 aromatic heterocycles. The SMILES string of the molecule is O=C(O[C@H]1c2nccnc2C(=O)N1c1ccc(Cl)cn1)N1CCNCC1. The third-order valence-corrected chi connectivity index (χ3v) is 4.39. The van der Waals surface area contributed by atoms with Crippen molar-refractivity contribution >= 4 is 29.4 Å². The van der Waals surface area contributed by atoms with Gasteiger partial charge in [0.1, 0.15) is 11.5 Å². The van der Waals surface area contributed by atoms with Crippen LogP contribution in [0.5, 0.6) is 0 Å². The van der Waals surface area contributed by atoms with Crippen molar-refractivity contribution in [2.45, 2.75) is 6.23 Å². The number of hydrogen-bond donors (Lipinski definition) is 1. The van der Waals surface area contributed by atoms with Crippen molar-refractivity contribution in [1.82, 2.24) is 25.2 Å². The third-order valence-electron chi connectivity index (χ3n) is 4.16. The third kappa shape index (κ3) is 2.95. The van der Waals surface area contributed by atoms with E-state index in [4.69, 9.17) is 16.3 Å². The fourth-order valence-electron chi connectivity index (χ4n) is 2.90. The van der Waals surface area contributed by atoms with Gasteiger partial charge in [-0.15, -0.1) is 0 Å². The number of pyridine rings is 1. The van der Waals surface area contributed by atoms with Crippen molar-refractivity contribution in [2.75, 3.05) is 31.1 Å². The minimum atomic E-state index is -1.03. The Labute approximate surface area is 153 Å². The van der Waals surface area contributed by atoms with E-state index >= 15 is 0 Å². The van der Waals surface area contributed by atoms with Crippen LogP contribution in [0.25, 0.3) is 0 Å². The number of carbonyl (C=O) groups excluding carboxylic acids is 2. The van der Waals surface area contributed by atoms with Crippen molar-refractivity contribution < 1.29 is 14.3 Å². The van der Waals surface area contributed by atoms with Gasteiger partial charge < -0.3 is 15.0 Å². The number of carbonyl (C=O) groups is 2. The lowest BCUT2D eigenvalue weighted by Gasteiger charge is -2.30. The number of anilines is 1. The summed E-state index contributed by atoms with van der Waals surface area (Å²) in [5.74, 6) is -0.127. The summed E-state index contributed by atoms with van der Waals surface area (Å²) in [6.45, 7) is 2.45. The summed E-state index contributed by atoms with van der Waals surface area (Å²) in [7, 11) is 0. The number of piperazine rings is 1. The molecule has 0 aromatic carbocycles. The molecule has 2 aromatic rings. The van der Waals surface area contributed by atoms with Crippen LogP contribution in [0.2, 0.25) is 5.02 Å². The summed E-state index contributed by atoms with van der Waals surface area (Å²) in [5, 5.41) is 3.60. The highest BCUT2D eigenvalue weighted by atomic mass is 35.5. The number of amides is 2. The Morgan fingerprint density at radius 2 is 1.96 bits per heavy atom. The van der Waals surface area contributed by atoms with Gasteiger partial charge in [-0.25, -0.2) is 19.7 Å². The molecule has 0 spiro atoms. The molecule has 0 unspecified atom stereocenters. The van der Waals surface area contributed by atoms with Gasteiger partial charge in [-0.1, -0.05) is 11.6 Å². The maximum atomic E-state index is 12.8. The summed E-state index contributed by atoms with van der Waals surface area (Å²) in [5.41, 5.74) is 0.431. The molecule has 0 aliphatic carbocycles. The first-order chi connectivity index (χ1) is 12.6. The summed E-state index contributed by atoms with van der Waals surface area (Å²) in [6, 6.07) is 3.19. The van der Waals surface area contributed by atoms with Crippen molar-refractivity contribution in [1.29, 1.82) is 0 Å². The molecule has 4 heterocycles. The van der Waals surface area contributed by atoms with Crippen LogP contribution in [0.15, 0.2) is 30.7 Å². The number of nitrogens with zero attached hydrogens (tertiary/aromatic N) is 5. The van der Waals surface area contributed by atoms with Crippen LogP contribution >= 0.6 is 11.6 Å². The number of fused-ring (bicyclic) bond motifs is 1. The molecule has 26 heavy (non-hydrogen) atoms. The van der Waals surface area contributed by atoms with Gasteiger partial charge in [-0.3, -0.25) is 9.78 Å². The van der Waals surface area contributed by atoms with Crippen LogP contribution in [0.4, 0.5) is 10.6 Å². The fourth-order valence-corrected chi connectivity index (χ4v) is 3.01. The maximum absolute atomic E-state index is 12.8. The van der Waals surface area contributed by atoms with Gasteiger partial charge in [0.2, 0.25) is 6.23 Å². The number of rotatable bonds is 2. The highest BCUT2D eigenvalue weighted by Gasteiger charge is 2.44. The Morgan fingerprint density at radius 3 is 2.69 bits per heavy atom. The Kier molecular flexibility index (Phi) is 4.39. The molecular formula is C16H15ClN6O3. The van der Waals surface area contributed by atoms with E-state index in [2.05, 4.69) is 20.3 Å². The van der Waals surface area contributed by atoms with Crippen molar-refractivity contribution in [3.63, 3.8) is 0 Å². The highest BCUT2D eigenvalue weighted by molar-refractivity contribution is 6.30. The molecule has 0 bridgehead atoms. The highest BCUT2D eigenvalue weighted by Crippen LogP contribution is 2.35. The van der Waals surface area contributed by atoms with Crippen LogP contribution in [0, 0.1) is 0 Å². The van der Waals surface area contributed by atoms with Gasteiger partial charge in [0.25, 0.3) is 5.91 Å². The van der Waals surface area contributed by atoms with Crippen LogP contribution < -0.4 is 10.2 Å². The van der Waals surface area contributed by atoms with E-state index in [1.807, 2.05) is 0 Å². The number of halogens is 1. The van der Waals surface area contributed by atoms with Gasteiger partial charge in [0.15, 0.2) is 5.69 Å². The first-order valence-electron chi connectivity index (χ1n) is 8.07. The number of ether oxygens (including phenoxy) is 1. The number of hydrogen-bond acceptors (Lipinski definition) is 7. The lowest BCUT2D eigenvalue weighted by atomic mass is 10.3. The van der Waals surface area contributed by atoms with Crippen molar-refractivity contribution in [3.8, 4) is 0 Å². The Hall–Kier alpha value is -2.78. The summed E-state index contributed by atoms with van der Waals surface area (Å²) in [4.78, 5) is 40.6. The van der Waals surface area contributed by atoms with E-state index < -0.39 is 18.2 Å². The van der Waals surface area contributed by atoms with Gasteiger partial charge in [0, 0.05) is 44.8 Å². The Morgan fingerprint density at radius 1 is 1.19 bits per heavy atom. The molecule has 134 valence electrons. The number of nitrogens with one attached hydrogen (secondary N) is 1. The standard InChI is InChI=1S/C16H15ClN6O3/c17-10-1-2-11(21-9-10)23-14(24)12-13(20-4-3-19-12)15(23)26-16(25)22-7-5-18-6-8-22/h1-4,9,15,18H,5-8H2/t15-/m0/s1. The lowest BCUT2D eigenvalue weighted by Crippen LogP contribution is -2.47. The molecule has 0 radical (unpaired) electrons. The lowest BCUT2D eigenvalue weighted by molar-refractivity contribution is 0.0565. The molecule has 0 saturated carbocycles. The predicted molar refractivity (Wildman–Crippen MR) is 91.8 cm³/mol. The molecule has 2 aliphatic heterocycles. The molecule has 4 rings (SSSR count). The fraction of sp³-hybridized carbons (Fsp3) is 0.312. The maximum Gasteiger partial charge on any atom is 0.412 e. The van der Waals surface area contributed by atoms with Crippen LogP contribution in [0.3, 0.4) is 0 Å². The minimum absolute atomic E-state index is 0.141. The van der Waals surface area contributed by atoms with E-state index in [0.717, 1.165) is 0 Å². The van der Waals surface area contributed by atoms with E-state index in [0.29, 0.717) is 37.0 Å². The molecular weight excluding hydrogens is 360 g/mol. The monoisotopic (exact) mass is 374 g/mol. The first kappa shape index (κ1) is 16.7. The summed E-state index contributed by atoms with van der Waals surface area (Å²) < 4.78 is 5.63. The van der Waals surface area contributed by atoms with E-state index in [1.54, 1.807) is 17.0 Å². The predicted octanol–water partition coefficient (Wildman–Crippen LogP) is 1.23. The zero-order valence-electron chi connectivity index (χ0n) is 13.6. The number of aromatic nitrogens is 3. The van der Waals surface area contributed by atoms with Crippen LogP contribution in [-0.4, -0.2) is 58.0 Å². The minimum Gasteiger partial charge on any atom is -0.419 e. The van der Waals surface area contributed by atoms with Crippen molar-refractivity contribution in [3.05, 3.63) is 47.1 Å². The second-order valence-electron chi connectivity index (χ2n) is 5.77. The molecule has 2 aliphatic rings. The van der Waals surface area contributed by atoms with E-state index in [9.17, 15) is 9.59 Å². The van der Waals surface area contributed by atoms with Gasteiger partial charge in [0.05, 0.1) is 5.02 Å². The van der Waals surface area contributed by atoms with Crippen molar-refractivity contribution in [2.24, 2.45) is 0 Å². The van der Waals surface area contributed by atoms with E-state index in [-0.39, 0.29) is 11.4 Å². The summed E-state index contributed by atoms with van der Waals surface area (Å²) in [6.07, 6.45) is 2.76. The molecule has 1 N–H and O–H groups in total. The molecule has 2 amide bonds.